The molecule has 0 aliphatic heterocycles. The zero-order valence-corrected chi connectivity index (χ0v) is 11.7. The lowest BCUT2D eigenvalue weighted by atomic mass is 10.2. The van der Waals surface area contributed by atoms with Gasteiger partial charge < -0.3 is 20.1 Å². The van der Waals surface area contributed by atoms with Gasteiger partial charge in [-0.2, -0.15) is 8.78 Å². The van der Waals surface area contributed by atoms with Crippen molar-refractivity contribution < 1.29 is 18.3 Å². The molecule has 2 N–H and O–H groups in total. The number of ether oxygens (including phenoxy) is 2. The molecule has 0 saturated carbocycles. The number of hydrogen-bond donors (Lipinski definition) is 2. The summed E-state index contributed by atoms with van der Waals surface area (Å²) < 4.78 is 34.3. The van der Waals surface area contributed by atoms with Crippen LogP contribution in [0.2, 0.25) is 0 Å². The Morgan fingerprint density at radius 3 is 2.65 bits per heavy atom. The summed E-state index contributed by atoms with van der Waals surface area (Å²) in [7, 11) is 3.41. The van der Waals surface area contributed by atoms with Crippen molar-refractivity contribution in [3.63, 3.8) is 0 Å². The predicted octanol–water partition coefficient (Wildman–Crippen LogP) is 1.98. The van der Waals surface area contributed by atoms with E-state index in [2.05, 4.69) is 20.4 Å². The summed E-state index contributed by atoms with van der Waals surface area (Å²) in [5, 5.41) is 5.94. The quantitative estimate of drug-likeness (QED) is 0.620. The van der Waals surface area contributed by atoms with Crippen LogP contribution in [0.25, 0.3) is 0 Å². The number of aliphatic imine (C=N–C) groups is 1. The molecule has 7 heteroatoms. The molecule has 112 valence electrons. The number of hydrogen-bond acceptors (Lipinski definition) is 3. The molecular formula is C13H19F2N3O2. The topological polar surface area (TPSA) is 54.9 Å². The number of nitrogens with one attached hydrogen (secondary N) is 2. The molecule has 1 aromatic carbocycles. The molecule has 0 heterocycles. The van der Waals surface area contributed by atoms with Gasteiger partial charge in [0.25, 0.3) is 0 Å². The van der Waals surface area contributed by atoms with Gasteiger partial charge in [-0.1, -0.05) is 6.07 Å². The summed E-state index contributed by atoms with van der Waals surface area (Å²) in [6, 6.07) is 4.82. The zero-order valence-electron chi connectivity index (χ0n) is 11.7. The Hall–Kier alpha value is -2.05. The highest BCUT2D eigenvalue weighted by atomic mass is 19.3. The van der Waals surface area contributed by atoms with Crippen molar-refractivity contribution in [2.75, 3.05) is 20.7 Å². The first-order valence-corrected chi connectivity index (χ1v) is 6.19. The van der Waals surface area contributed by atoms with Gasteiger partial charge in [-0.05, 0) is 24.6 Å². The Morgan fingerprint density at radius 1 is 1.35 bits per heavy atom. The number of benzene rings is 1. The fourth-order valence-electron chi connectivity index (χ4n) is 1.59. The van der Waals surface area contributed by atoms with Crippen molar-refractivity contribution in [3.05, 3.63) is 23.8 Å². The number of rotatable bonds is 6. The number of nitrogens with zero attached hydrogens (tertiary/aromatic N) is 1. The summed E-state index contributed by atoms with van der Waals surface area (Å²) >= 11 is 0. The van der Waals surface area contributed by atoms with Gasteiger partial charge in [0.15, 0.2) is 17.5 Å². The van der Waals surface area contributed by atoms with Crippen LogP contribution in [0.3, 0.4) is 0 Å². The summed E-state index contributed by atoms with van der Waals surface area (Å²) in [5.74, 6) is 0.964. The Morgan fingerprint density at radius 2 is 2.10 bits per heavy atom. The van der Waals surface area contributed by atoms with Crippen LogP contribution in [0.5, 0.6) is 11.5 Å². The van der Waals surface area contributed by atoms with Gasteiger partial charge >= 0.3 is 6.61 Å². The minimum absolute atomic E-state index is 0.0311. The molecule has 0 aliphatic rings. The van der Waals surface area contributed by atoms with Gasteiger partial charge in [0.1, 0.15) is 0 Å². The smallest absolute Gasteiger partial charge is 0.387 e. The van der Waals surface area contributed by atoms with Crippen LogP contribution < -0.4 is 20.1 Å². The Balaban J connectivity index is 2.81. The van der Waals surface area contributed by atoms with Gasteiger partial charge in [0.2, 0.25) is 0 Å². The molecule has 0 amide bonds. The number of halogens is 2. The van der Waals surface area contributed by atoms with Gasteiger partial charge in [-0.3, -0.25) is 4.99 Å². The maximum atomic E-state index is 12.3. The largest absolute Gasteiger partial charge is 0.490 e. The molecule has 0 aromatic heterocycles. The fourth-order valence-corrected chi connectivity index (χ4v) is 1.59. The lowest BCUT2D eigenvalue weighted by Crippen LogP contribution is -2.34. The monoisotopic (exact) mass is 287 g/mol. The highest BCUT2D eigenvalue weighted by molar-refractivity contribution is 5.79. The van der Waals surface area contributed by atoms with Crippen molar-refractivity contribution in [1.82, 2.24) is 10.6 Å². The molecule has 1 aromatic rings. The van der Waals surface area contributed by atoms with Gasteiger partial charge in [0, 0.05) is 20.6 Å². The Kier molecular flexibility index (Phi) is 6.55. The molecule has 1 rings (SSSR count). The lowest BCUT2D eigenvalue weighted by Gasteiger charge is -2.13. The second kappa shape index (κ2) is 8.19. The normalized spacial score (nSPS) is 11.4. The van der Waals surface area contributed by atoms with Crippen LogP contribution in [0.4, 0.5) is 8.78 Å². The molecule has 5 nitrogen and oxygen atoms in total. The van der Waals surface area contributed by atoms with Crippen molar-refractivity contribution in [2.24, 2.45) is 4.99 Å². The highest BCUT2D eigenvalue weighted by Gasteiger charge is 2.11. The molecular weight excluding hydrogens is 268 g/mol. The van der Waals surface area contributed by atoms with Gasteiger partial charge in [-0.25, -0.2) is 0 Å². The van der Waals surface area contributed by atoms with Crippen LogP contribution in [0.1, 0.15) is 12.5 Å². The van der Waals surface area contributed by atoms with E-state index in [1.54, 1.807) is 33.2 Å². The van der Waals surface area contributed by atoms with E-state index >= 15 is 0 Å². The van der Waals surface area contributed by atoms with E-state index in [0.29, 0.717) is 24.9 Å². The van der Waals surface area contributed by atoms with E-state index < -0.39 is 6.61 Å². The standard InChI is InChI=1S/C13H19F2N3O2/c1-4-19-11-7-9(8-18-13(16-2)17-3)5-6-10(11)20-12(14)15/h5-7,12H,4,8H2,1-3H3,(H2,16,17,18). The van der Waals surface area contributed by atoms with Crippen molar-refractivity contribution in [3.8, 4) is 11.5 Å². The summed E-state index contributed by atoms with van der Waals surface area (Å²) in [6.45, 7) is -0.238. The molecule has 0 radical (unpaired) electrons. The summed E-state index contributed by atoms with van der Waals surface area (Å²) in [4.78, 5) is 3.98. The molecule has 0 atom stereocenters. The van der Waals surface area contributed by atoms with E-state index in [0.717, 1.165) is 5.56 Å². The molecule has 20 heavy (non-hydrogen) atoms. The van der Waals surface area contributed by atoms with Gasteiger partial charge in [-0.15, -0.1) is 0 Å². The molecule has 0 unspecified atom stereocenters. The van der Waals surface area contributed by atoms with Crippen molar-refractivity contribution in [2.45, 2.75) is 20.1 Å². The van der Waals surface area contributed by atoms with Crippen molar-refractivity contribution in [1.29, 1.82) is 0 Å². The van der Waals surface area contributed by atoms with Crippen LogP contribution in [0, 0.1) is 0 Å². The average molecular weight is 287 g/mol. The molecule has 0 spiro atoms. The summed E-state index contributed by atoms with van der Waals surface area (Å²) in [5.41, 5.74) is 0.867. The van der Waals surface area contributed by atoms with Crippen molar-refractivity contribution >= 4 is 5.96 Å². The molecule has 0 bridgehead atoms. The Labute approximate surface area is 117 Å². The van der Waals surface area contributed by atoms with E-state index in [1.165, 1.54) is 6.07 Å². The van der Waals surface area contributed by atoms with Crippen LogP contribution in [-0.2, 0) is 6.54 Å². The van der Waals surface area contributed by atoms with Crippen LogP contribution in [0.15, 0.2) is 23.2 Å². The first kappa shape index (κ1) is 16.0. The second-order valence-corrected chi connectivity index (χ2v) is 3.77. The maximum absolute atomic E-state index is 12.3. The molecule has 0 saturated heterocycles. The molecule has 0 aliphatic carbocycles. The van der Waals surface area contributed by atoms with Crippen LogP contribution in [-0.4, -0.2) is 33.3 Å². The first-order chi connectivity index (χ1) is 9.60. The third-order valence-electron chi connectivity index (χ3n) is 2.44. The predicted molar refractivity (Wildman–Crippen MR) is 73.5 cm³/mol. The minimum Gasteiger partial charge on any atom is -0.490 e. The second-order valence-electron chi connectivity index (χ2n) is 3.77. The zero-order chi connectivity index (χ0) is 15.0. The Bertz CT molecular complexity index is 453. The lowest BCUT2D eigenvalue weighted by molar-refractivity contribution is -0.0514. The average Bonchev–Trinajstić information content (AvgIpc) is 2.42. The van der Waals surface area contributed by atoms with E-state index in [-0.39, 0.29) is 5.75 Å². The third-order valence-corrected chi connectivity index (χ3v) is 2.44. The van der Waals surface area contributed by atoms with Gasteiger partial charge in [0.05, 0.1) is 6.61 Å². The SMILES string of the molecule is CCOc1cc(CNC(=NC)NC)ccc1OC(F)F. The first-order valence-electron chi connectivity index (χ1n) is 6.19. The molecule has 0 fully saturated rings. The van der Waals surface area contributed by atoms with E-state index in [9.17, 15) is 8.78 Å². The summed E-state index contributed by atoms with van der Waals surface area (Å²) in [6.07, 6.45) is 0. The third kappa shape index (κ3) is 4.91. The highest BCUT2D eigenvalue weighted by Crippen LogP contribution is 2.29. The number of guanidine groups is 1. The number of alkyl halides is 2. The minimum atomic E-state index is -2.87. The van der Waals surface area contributed by atoms with E-state index in [1.807, 2.05) is 0 Å². The maximum Gasteiger partial charge on any atom is 0.387 e. The van der Waals surface area contributed by atoms with E-state index in [4.69, 9.17) is 4.74 Å². The van der Waals surface area contributed by atoms with Crippen LogP contribution >= 0.6 is 0 Å². The fraction of sp³-hybridized carbons (Fsp3) is 0.462.